The summed E-state index contributed by atoms with van der Waals surface area (Å²) in [7, 11) is 0. The molecule has 0 aromatic heterocycles. The van der Waals surface area contributed by atoms with Gasteiger partial charge in [0.15, 0.2) is 0 Å². The maximum absolute atomic E-state index is 2.62. The molecule has 0 nitrogen and oxygen atoms in total. The molecule has 0 heterocycles. The van der Waals surface area contributed by atoms with Crippen LogP contribution in [0.25, 0.3) is 0 Å². The van der Waals surface area contributed by atoms with Gasteiger partial charge in [0.25, 0.3) is 0 Å². The van der Waals surface area contributed by atoms with Gasteiger partial charge in [-0.05, 0) is 0 Å². The molecule has 0 atom stereocenters. The van der Waals surface area contributed by atoms with Gasteiger partial charge in [-0.3, -0.25) is 0 Å². The largest absolute Gasteiger partial charge is 1.00 e. The molecule has 6 heteroatoms. The third-order valence-corrected chi connectivity index (χ3v) is 62.8. The van der Waals surface area contributed by atoms with E-state index in [1.807, 2.05) is 13.3 Å². The predicted octanol–water partition coefficient (Wildman–Crippen LogP) is 5.24. The molecule has 0 aliphatic heterocycles. The van der Waals surface area contributed by atoms with Crippen LogP contribution in [0.2, 0.25) is 26.2 Å². The van der Waals surface area contributed by atoms with Crippen LogP contribution in [0.4, 0.5) is 0 Å². The van der Waals surface area contributed by atoms with Gasteiger partial charge in [0.05, 0.1) is 0 Å². The van der Waals surface area contributed by atoms with Crippen molar-refractivity contribution in [2.75, 3.05) is 0 Å². The molecular weight excluding hydrogens is 884 g/mol. The zero-order chi connectivity index (χ0) is 29.1. The van der Waals surface area contributed by atoms with Crippen LogP contribution < -0.4 is 9.41 Å². The zero-order valence-electron chi connectivity index (χ0n) is 28.0. The Labute approximate surface area is 275 Å². The minimum atomic E-state index is -1.62. The summed E-state index contributed by atoms with van der Waals surface area (Å²) < 4.78 is 7.71. The van der Waals surface area contributed by atoms with Gasteiger partial charge in [-0.25, -0.2) is 0 Å². The monoisotopic (exact) mass is 944 g/mol. The van der Waals surface area contributed by atoms with Crippen LogP contribution >= 0.6 is 0 Å². The van der Waals surface area contributed by atoms with E-state index in [0.29, 0.717) is 0 Å². The molecule has 0 aromatic rings. The average molecular weight is 942 g/mol. The molecule has 0 saturated carbocycles. The molecule has 0 fully saturated rings. The third kappa shape index (κ3) is 11.7. The summed E-state index contributed by atoms with van der Waals surface area (Å²) >= 11 is -3.25. The van der Waals surface area contributed by atoms with Crippen LogP contribution in [0.3, 0.4) is 0 Å². The summed E-state index contributed by atoms with van der Waals surface area (Å²) in [6.07, 6.45) is 36.2. The maximum atomic E-state index is 2.62. The Morgan fingerprint density at radius 2 is 0.667 bits per heavy atom. The van der Waals surface area contributed by atoms with Gasteiger partial charge >= 0.3 is 268 Å². The zero-order valence-corrected chi connectivity index (χ0v) is 37.5. The second-order valence-electron chi connectivity index (χ2n) is 12.7. The number of halogens is 2. The number of hydrogen-bond donors (Lipinski definition) is 0. The molecule has 0 radical (unpaired) electrons. The molecule has 0 bridgehead atoms. The van der Waals surface area contributed by atoms with E-state index in [9.17, 15) is 0 Å². The van der Waals surface area contributed by atoms with Crippen LogP contribution in [0.5, 0.6) is 0 Å². The summed E-state index contributed by atoms with van der Waals surface area (Å²) in [5.41, 5.74) is 6.56. The fourth-order valence-electron chi connectivity index (χ4n) is 6.83. The molecule has 0 spiro atoms. The van der Waals surface area contributed by atoms with Gasteiger partial charge in [0.1, 0.15) is 0 Å². The van der Waals surface area contributed by atoms with E-state index >= 15 is 0 Å². The Kier molecular flexibility index (Phi) is 19.9. The molecule has 4 aliphatic rings. The van der Waals surface area contributed by atoms with Crippen LogP contribution in [0.15, 0.2) is 84.2 Å². The smallest absolute Gasteiger partial charge is 1.00 e. The van der Waals surface area contributed by atoms with E-state index in [4.69, 9.17) is 0 Å². The fraction of sp³-hybridized carbons (Fsp3) is 0.556. The summed E-state index contributed by atoms with van der Waals surface area (Å²) in [5.74, 6) is -0.953. The van der Waals surface area contributed by atoms with Gasteiger partial charge < -0.3 is 9.41 Å². The first kappa shape index (κ1) is 40.0. The molecule has 42 heavy (non-hydrogen) atoms. The van der Waals surface area contributed by atoms with Crippen molar-refractivity contribution in [1.82, 2.24) is 0 Å². The summed E-state index contributed by atoms with van der Waals surface area (Å²) in [5, 5.41) is 0. The normalized spacial score (nSPS) is 17.2. The van der Waals surface area contributed by atoms with Crippen molar-refractivity contribution in [3.63, 3.8) is 0 Å². The number of allylic oxidation sites excluding steroid dienone is 16. The summed E-state index contributed by atoms with van der Waals surface area (Å²) in [6.45, 7) is 19.6. The SMILES string of the molecule is CCCC1=CC[C]([Hf+]([C]2=CC(CCC)=CC2)[SiH](C)C)=C1.CCCC1=CC[C]([Hf+]([C]2=CC(CCC)=CC2)[SiH](C)C)=C1.[F-].[F-]. The third-order valence-electron chi connectivity index (χ3n) is 8.47. The van der Waals surface area contributed by atoms with E-state index in [1.54, 1.807) is 22.3 Å². The van der Waals surface area contributed by atoms with Crippen molar-refractivity contribution in [2.24, 2.45) is 0 Å². The fourth-order valence-corrected chi connectivity index (χ4v) is 60.8. The number of hydrogen-bond acceptors (Lipinski definition) is 0. The molecule has 0 N–H and O–H groups in total. The minimum absolute atomic E-state index is 0. The van der Waals surface area contributed by atoms with E-state index in [-0.39, 0.29) is 9.41 Å². The van der Waals surface area contributed by atoms with Crippen LogP contribution in [-0.4, -0.2) is 12.0 Å². The number of rotatable bonds is 14. The molecule has 0 unspecified atom stereocenters. The van der Waals surface area contributed by atoms with Gasteiger partial charge in [-0.1, -0.05) is 0 Å². The average Bonchev–Trinajstić information content (AvgIpc) is 3.71. The Morgan fingerprint density at radius 1 is 0.452 bits per heavy atom. The first-order valence-corrected chi connectivity index (χ1v) is 42.0. The first-order valence-electron chi connectivity index (χ1n) is 16.6. The molecule has 0 saturated heterocycles. The van der Waals surface area contributed by atoms with Gasteiger partial charge in [0, 0.05) is 0 Å². The summed E-state index contributed by atoms with van der Waals surface area (Å²) in [6, 6.07) is 0. The van der Waals surface area contributed by atoms with Gasteiger partial charge in [-0.2, -0.15) is 0 Å². The maximum Gasteiger partial charge on any atom is -1.00 e. The van der Waals surface area contributed by atoms with Crippen molar-refractivity contribution < 1.29 is 50.6 Å². The van der Waals surface area contributed by atoms with Crippen LogP contribution in [0.1, 0.15) is 105 Å². The van der Waals surface area contributed by atoms with E-state index in [2.05, 4.69) is 102 Å². The standard InChI is InChI=1S/4C8H11.2C2H7Si.2FH.2Hf/c4*1-2-5-8-6-3-4-7-8;2*1-3-2;;;;/h4*6-7H,2-3,5H2,1H3;2*3H,1-2H3;2*1H;;/q;;;;;;;;2*+1/p-2. The first-order chi connectivity index (χ1) is 19.3. The van der Waals surface area contributed by atoms with Gasteiger partial charge in [0.2, 0.25) is 0 Å². The molecule has 232 valence electrons. The van der Waals surface area contributed by atoms with E-state index in [0.717, 1.165) is 0 Å². The van der Waals surface area contributed by atoms with E-state index < -0.39 is 53.2 Å². The van der Waals surface area contributed by atoms with Gasteiger partial charge in [-0.15, -0.1) is 0 Å². The molecule has 0 amide bonds. The van der Waals surface area contributed by atoms with Crippen molar-refractivity contribution in [1.29, 1.82) is 0 Å². The second kappa shape index (κ2) is 20.9. The molecular formula is C36H58F2Hf2Si2. The topological polar surface area (TPSA) is 0 Å². The van der Waals surface area contributed by atoms with E-state index in [1.165, 1.54) is 77.0 Å². The Balaban J connectivity index is 0.000000401. The Hall–Kier alpha value is -0.0460. The second-order valence-corrected chi connectivity index (χ2v) is 66.9. The molecule has 4 rings (SSSR count). The Morgan fingerprint density at radius 3 is 0.833 bits per heavy atom. The van der Waals surface area contributed by atoms with Crippen molar-refractivity contribution in [3.05, 3.63) is 84.2 Å². The minimum Gasteiger partial charge on any atom is -1.00 e. The van der Waals surface area contributed by atoms with Crippen molar-refractivity contribution >= 4 is 12.0 Å². The van der Waals surface area contributed by atoms with Crippen LogP contribution in [0, 0.1) is 0 Å². The van der Waals surface area contributed by atoms with Crippen molar-refractivity contribution in [3.8, 4) is 0 Å². The quantitative estimate of drug-likeness (QED) is 0.210. The van der Waals surface area contributed by atoms with Crippen molar-refractivity contribution in [2.45, 2.75) is 131 Å². The predicted molar refractivity (Wildman–Crippen MR) is 181 cm³/mol. The Bertz CT molecular complexity index is 951. The van der Waals surface area contributed by atoms with Crippen LogP contribution in [-0.2, 0) is 41.2 Å². The summed E-state index contributed by atoms with van der Waals surface area (Å²) in [4.78, 5) is 0. The molecule has 0 aromatic carbocycles. The molecule has 4 aliphatic carbocycles.